The molecule has 1 atom stereocenters. The minimum absolute atomic E-state index is 0.399. The van der Waals surface area contributed by atoms with Crippen LogP contribution in [0.2, 0.25) is 0 Å². The quantitative estimate of drug-likeness (QED) is 0.571. The molecule has 1 unspecified atom stereocenters. The van der Waals surface area contributed by atoms with Crippen molar-refractivity contribution in [3.8, 4) is 0 Å². The average molecular weight is 227 g/mol. The van der Waals surface area contributed by atoms with Crippen LogP contribution in [0.25, 0.3) is 0 Å². The monoisotopic (exact) mass is 227 g/mol. The Morgan fingerprint density at radius 3 is 2.62 bits per heavy atom. The minimum Gasteiger partial charge on any atom is -0.411 e. The molecule has 4 nitrogen and oxygen atoms in total. The van der Waals surface area contributed by atoms with Gasteiger partial charge in [0.1, 0.15) is 0 Å². The Bertz CT molecular complexity index is 226. The molecule has 0 aromatic rings. The van der Waals surface area contributed by atoms with Crippen LogP contribution in [0.4, 0.5) is 0 Å². The zero-order valence-corrected chi connectivity index (χ0v) is 10.8. The Morgan fingerprint density at radius 2 is 2.12 bits per heavy atom. The third-order valence-corrected chi connectivity index (χ3v) is 3.54. The van der Waals surface area contributed by atoms with Crippen molar-refractivity contribution in [2.75, 3.05) is 39.3 Å². The maximum Gasteiger partial charge on any atom is 0.0624 e. The van der Waals surface area contributed by atoms with E-state index < -0.39 is 0 Å². The van der Waals surface area contributed by atoms with E-state index in [-0.39, 0.29) is 0 Å². The molecule has 16 heavy (non-hydrogen) atoms. The van der Waals surface area contributed by atoms with E-state index in [4.69, 9.17) is 5.21 Å². The van der Waals surface area contributed by atoms with Gasteiger partial charge in [0.25, 0.3) is 0 Å². The highest BCUT2D eigenvalue weighted by Crippen LogP contribution is 2.13. The molecule has 0 bridgehead atoms. The van der Waals surface area contributed by atoms with E-state index in [1.165, 1.54) is 0 Å². The minimum atomic E-state index is 0.399. The summed E-state index contributed by atoms with van der Waals surface area (Å²) in [5.41, 5.74) is 0.957. The molecule has 0 amide bonds. The van der Waals surface area contributed by atoms with Gasteiger partial charge in [0.05, 0.1) is 5.71 Å². The third kappa shape index (κ3) is 3.76. The zero-order valence-electron chi connectivity index (χ0n) is 10.8. The van der Waals surface area contributed by atoms with E-state index in [9.17, 15) is 0 Å². The summed E-state index contributed by atoms with van der Waals surface area (Å²) in [6.45, 7) is 13.1. The summed E-state index contributed by atoms with van der Waals surface area (Å²) in [6, 6.07) is 0. The fourth-order valence-electron chi connectivity index (χ4n) is 2.28. The van der Waals surface area contributed by atoms with Crippen molar-refractivity contribution < 1.29 is 5.21 Å². The van der Waals surface area contributed by atoms with Gasteiger partial charge >= 0.3 is 0 Å². The molecule has 0 spiro atoms. The van der Waals surface area contributed by atoms with Gasteiger partial charge in [-0.15, -0.1) is 0 Å². The number of oxime groups is 1. The van der Waals surface area contributed by atoms with Crippen LogP contribution >= 0.6 is 0 Å². The van der Waals surface area contributed by atoms with E-state index in [1.54, 1.807) is 0 Å². The number of piperidine rings is 1. The maximum atomic E-state index is 8.80. The fraction of sp³-hybridized carbons (Fsp3) is 0.917. The summed E-state index contributed by atoms with van der Waals surface area (Å²) in [4.78, 5) is 4.91. The van der Waals surface area contributed by atoms with Crippen molar-refractivity contribution in [1.29, 1.82) is 0 Å². The van der Waals surface area contributed by atoms with Gasteiger partial charge in [-0.1, -0.05) is 25.9 Å². The van der Waals surface area contributed by atoms with Gasteiger partial charge in [-0.25, -0.2) is 0 Å². The molecule has 1 rings (SSSR count). The van der Waals surface area contributed by atoms with E-state index >= 15 is 0 Å². The number of nitrogens with zero attached hydrogens (tertiary/aromatic N) is 3. The van der Waals surface area contributed by atoms with Gasteiger partial charge in [0.15, 0.2) is 0 Å². The number of hydrogen-bond acceptors (Lipinski definition) is 4. The second kappa shape index (κ2) is 6.86. The van der Waals surface area contributed by atoms with Crippen LogP contribution < -0.4 is 0 Å². The van der Waals surface area contributed by atoms with E-state index in [1.807, 2.05) is 0 Å². The van der Waals surface area contributed by atoms with Crippen LogP contribution in [0.3, 0.4) is 0 Å². The van der Waals surface area contributed by atoms with Crippen molar-refractivity contribution in [3.05, 3.63) is 0 Å². The molecule has 4 heteroatoms. The van der Waals surface area contributed by atoms with Crippen LogP contribution in [0.1, 0.15) is 27.2 Å². The van der Waals surface area contributed by atoms with Crippen molar-refractivity contribution in [1.82, 2.24) is 9.80 Å². The second-order valence-corrected chi connectivity index (χ2v) is 4.57. The van der Waals surface area contributed by atoms with Crippen LogP contribution in [-0.2, 0) is 0 Å². The molecule has 1 N–H and O–H groups in total. The molecule has 0 aliphatic carbocycles. The van der Waals surface area contributed by atoms with Gasteiger partial charge < -0.3 is 15.0 Å². The van der Waals surface area contributed by atoms with Crippen LogP contribution in [-0.4, -0.2) is 60.0 Å². The first-order valence-electron chi connectivity index (χ1n) is 6.36. The van der Waals surface area contributed by atoms with E-state index in [0.29, 0.717) is 5.92 Å². The Hall–Kier alpha value is -0.610. The molecule has 0 radical (unpaired) electrons. The topological polar surface area (TPSA) is 39.1 Å². The lowest BCUT2D eigenvalue weighted by Gasteiger charge is -2.32. The summed E-state index contributed by atoms with van der Waals surface area (Å²) < 4.78 is 0. The molecule has 1 aliphatic heterocycles. The van der Waals surface area contributed by atoms with Gasteiger partial charge in [0, 0.05) is 38.5 Å². The number of rotatable bonds is 5. The molecule has 94 valence electrons. The normalized spacial score (nSPS) is 25.5. The summed E-state index contributed by atoms with van der Waals surface area (Å²) in [5.74, 6) is 0.399. The number of likely N-dealkylation sites (tertiary alicyclic amines) is 1. The van der Waals surface area contributed by atoms with Gasteiger partial charge in [-0.3, -0.25) is 0 Å². The Balaban J connectivity index is 2.30. The van der Waals surface area contributed by atoms with Crippen LogP contribution in [0, 0.1) is 5.92 Å². The average Bonchev–Trinajstić information content (AvgIpc) is 2.30. The molecule has 1 saturated heterocycles. The molecule has 1 fully saturated rings. The van der Waals surface area contributed by atoms with Crippen molar-refractivity contribution in [2.45, 2.75) is 27.2 Å². The summed E-state index contributed by atoms with van der Waals surface area (Å²) in [5, 5.41) is 12.2. The van der Waals surface area contributed by atoms with E-state index in [2.05, 4.69) is 35.7 Å². The van der Waals surface area contributed by atoms with Crippen molar-refractivity contribution in [3.63, 3.8) is 0 Å². The molecule has 0 aromatic carbocycles. The highest BCUT2D eigenvalue weighted by molar-refractivity contribution is 5.86. The molecule has 1 aliphatic rings. The third-order valence-electron chi connectivity index (χ3n) is 3.54. The highest BCUT2D eigenvalue weighted by atomic mass is 16.4. The van der Waals surface area contributed by atoms with Gasteiger partial charge in [-0.05, 0) is 13.1 Å². The van der Waals surface area contributed by atoms with E-state index in [0.717, 1.165) is 51.4 Å². The standard InChI is InChI=1S/C12H25N3O/c1-4-14(5-2)8-9-15-7-6-12(13-16)11(3)10-15/h11,16H,4-10H2,1-3H3. The predicted molar refractivity (Wildman–Crippen MR) is 67.2 cm³/mol. The summed E-state index contributed by atoms with van der Waals surface area (Å²) in [7, 11) is 0. The molecule has 0 saturated carbocycles. The maximum absolute atomic E-state index is 8.80. The first-order chi connectivity index (χ1) is 7.71. The van der Waals surface area contributed by atoms with Crippen molar-refractivity contribution in [2.24, 2.45) is 11.1 Å². The van der Waals surface area contributed by atoms with Gasteiger partial charge in [0.2, 0.25) is 0 Å². The Kier molecular flexibility index (Phi) is 5.77. The highest BCUT2D eigenvalue weighted by Gasteiger charge is 2.22. The lowest BCUT2D eigenvalue weighted by atomic mass is 9.98. The first-order valence-corrected chi connectivity index (χ1v) is 6.36. The Labute approximate surface area is 98.9 Å². The predicted octanol–water partition coefficient (Wildman–Crippen LogP) is 1.50. The molecule has 0 aromatic heterocycles. The zero-order chi connectivity index (χ0) is 12.0. The van der Waals surface area contributed by atoms with Crippen LogP contribution in [0.5, 0.6) is 0 Å². The largest absolute Gasteiger partial charge is 0.411 e. The summed E-state index contributed by atoms with van der Waals surface area (Å²) in [6.07, 6.45) is 0.913. The van der Waals surface area contributed by atoms with Crippen molar-refractivity contribution >= 4 is 5.71 Å². The number of likely N-dealkylation sites (N-methyl/N-ethyl adjacent to an activating group) is 1. The second-order valence-electron chi connectivity index (χ2n) is 4.57. The first kappa shape index (κ1) is 13.5. The number of hydrogen-bond donors (Lipinski definition) is 1. The van der Waals surface area contributed by atoms with Gasteiger partial charge in [-0.2, -0.15) is 0 Å². The SMILES string of the molecule is CCN(CC)CCN1CCC(=NO)C(C)C1. The Morgan fingerprint density at radius 1 is 1.44 bits per heavy atom. The van der Waals surface area contributed by atoms with Crippen LogP contribution in [0.15, 0.2) is 5.16 Å². The molecular weight excluding hydrogens is 202 g/mol. The molecule has 1 heterocycles. The molecular formula is C12H25N3O. The smallest absolute Gasteiger partial charge is 0.0624 e. The summed E-state index contributed by atoms with van der Waals surface area (Å²) >= 11 is 0. The lowest BCUT2D eigenvalue weighted by Crippen LogP contribution is -2.43. The lowest BCUT2D eigenvalue weighted by molar-refractivity contribution is 0.195. The fourth-order valence-corrected chi connectivity index (χ4v) is 2.28.